The fourth-order valence-electron chi connectivity index (χ4n) is 3.18. The first-order valence-electron chi connectivity index (χ1n) is 9.17. The van der Waals surface area contributed by atoms with Gasteiger partial charge in [0, 0.05) is 16.9 Å². The fraction of sp³-hybridized carbons (Fsp3) is 0.294. The molecular weight excluding hydrogens is 606 g/mol. The van der Waals surface area contributed by atoms with E-state index in [-0.39, 0.29) is 56.1 Å². The number of anilines is 1. The summed E-state index contributed by atoms with van der Waals surface area (Å²) in [6.45, 7) is 0. The number of halogens is 2. The quantitative estimate of drug-likeness (QED) is 0.156. The van der Waals surface area contributed by atoms with Gasteiger partial charge in [-0.3, -0.25) is 14.5 Å². The number of carboxylic acids is 1. The molecule has 180 valence electrons. The van der Waals surface area contributed by atoms with E-state index >= 15 is 0 Å². The average Bonchev–Trinajstić information content (AvgIpc) is 3.43. The Morgan fingerprint density at radius 1 is 1.34 bits per heavy atom. The van der Waals surface area contributed by atoms with Gasteiger partial charge in [-0.15, -0.1) is 33.3 Å². The summed E-state index contributed by atoms with van der Waals surface area (Å²) in [5.41, 5.74) is 6.02. The molecule has 4 rings (SSSR count). The van der Waals surface area contributed by atoms with Crippen molar-refractivity contribution in [2.75, 3.05) is 23.5 Å². The Balaban J connectivity index is 0.00000342. The van der Waals surface area contributed by atoms with Gasteiger partial charge in [-0.1, -0.05) is 58.1 Å². The number of β-lactam (4-membered cyclic amide) rings is 1. The number of hydrogen-bond donors (Lipinski definition) is 2. The number of nitrogens with one attached hydrogen (secondary N) is 1. The number of carbonyl (C=O) groups is 3. The van der Waals surface area contributed by atoms with Gasteiger partial charge in [0.15, 0.2) is 13.8 Å². The predicted octanol–water partition coefficient (Wildman–Crippen LogP) is -1.35. The van der Waals surface area contributed by atoms with Crippen LogP contribution < -0.4 is 45.7 Å². The van der Waals surface area contributed by atoms with Crippen LogP contribution in [0.1, 0.15) is 5.69 Å². The number of aliphatic carboxylic acids is 1. The number of rotatable bonds is 8. The van der Waals surface area contributed by atoms with Crippen LogP contribution >= 0.6 is 81.2 Å². The number of aromatic nitrogens is 3. The van der Waals surface area contributed by atoms with Crippen LogP contribution in [0.15, 0.2) is 29.8 Å². The van der Waals surface area contributed by atoms with Gasteiger partial charge in [-0.05, 0) is 11.8 Å². The molecule has 3 N–H and O–H groups in total. The molecular formula is C17H13Cl2N6NaO4S5. The van der Waals surface area contributed by atoms with Crippen molar-refractivity contribution in [1.29, 1.82) is 0 Å². The van der Waals surface area contributed by atoms with Crippen LogP contribution in [0.5, 0.6) is 0 Å². The molecule has 2 atom stereocenters. The fourth-order valence-corrected chi connectivity index (χ4v) is 8.03. The predicted molar refractivity (Wildman–Crippen MR) is 135 cm³/mol. The second kappa shape index (κ2) is 12.4. The van der Waals surface area contributed by atoms with E-state index in [1.54, 1.807) is 0 Å². The van der Waals surface area contributed by atoms with Gasteiger partial charge in [-0.25, -0.2) is 4.98 Å². The summed E-state index contributed by atoms with van der Waals surface area (Å²) >= 11 is 18.4. The van der Waals surface area contributed by atoms with Crippen molar-refractivity contribution in [2.45, 2.75) is 20.1 Å². The van der Waals surface area contributed by atoms with Crippen LogP contribution in [-0.4, -0.2) is 67.0 Å². The summed E-state index contributed by atoms with van der Waals surface area (Å²) in [5.74, 6) is -2.09. The molecule has 4 heterocycles. The minimum absolute atomic E-state index is 0. The Morgan fingerprint density at radius 3 is 2.63 bits per heavy atom. The zero-order valence-electron chi connectivity index (χ0n) is 17.9. The van der Waals surface area contributed by atoms with Crippen molar-refractivity contribution in [3.05, 3.63) is 26.8 Å². The molecule has 2 amide bonds. The van der Waals surface area contributed by atoms with E-state index in [0.29, 0.717) is 21.4 Å². The van der Waals surface area contributed by atoms with Gasteiger partial charge >= 0.3 is 29.6 Å². The molecule has 0 bridgehead atoms. The summed E-state index contributed by atoms with van der Waals surface area (Å²) in [7, 11) is 0. The molecule has 0 saturated carbocycles. The molecule has 18 heteroatoms. The third-order valence-corrected chi connectivity index (χ3v) is 10.2. The maximum absolute atomic E-state index is 12.9. The average molecular weight is 620 g/mol. The van der Waals surface area contributed by atoms with Crippen molar-refractivity contribution in [2.24, 2.45) is 0 Å². The summed E-state index contributed by atoms with van der Waals surface area (Å²) in [4.78, 5) is 42.8. The number of fused-ring (bicyclic) bond motifs is 1. The van der Waals surface area contributed by atoms with E-state index < -0.39 is 29.2 Å². The number of nitrogens with two attached hydrogens (primary N) is 1. The van der Waals surface area contributed by atoms with E-state index in [4.69, 9.17) is 28.9 Å². The van der Waals surface area contributed by atoms with Crippen molar-refractivity contribution in [3.8, 4) is 0 Å². The molecule has 1 unspecified atom stereocenters. The first-order valence-corrected chi connectivity index (χ1v) is 14.9. The summed E-state index contributed by atoms with van der Waals surface area (Å²) in [5, 5.41) is 23.7. The number of nitrogen functional groups attached to an aromatic ring is 1. The van der Waals surface area contributed by atoms with Crippen LogP contribution in [0.25, 0.3) is 5.57 Å². The third-order valence-electron chi connectivity index (χ3n) is 4.65. The second-order valence-electron chi connectivity index (χ2n) is 6.63. The molecule has 0 radical (unpaired) electrons. The molecule has 10 nitrogen and oxygen atoms in total. The Morgan fingerprint density at radius 2 is 2.06 bits per heavy atom. The first kappa shape index (κ1) is 29.1. The molecule has 1 saturated heterocycles. The number of amides is 2. The number of carboxylic acid groups (broad SMARTS) is 1. The third kappa shape index (κ3) is 6.16. The molecule has 0 aliphatic carbocycles. The second-order valence-corrected chi connectivity index (χ2v) is 12.8. The Bertz CT molecular complexity index is 1230. The van der Waals surface area contributed by atoms with Crippen LogP contribution in [0, 0.1) is 0 Å². The molecule has 2 aromatic rings. The molecule has 0 aromatic carbocycles. The number of thioether (sulfide) groups is 3. The zero-order chi connectivity index (χ0) is 24.6. The van der Waals surface area contributed by atoms with E-state index in [2.05, 4.69) is 20.5 Å². The molecule has 2 aliphatic heterocycles. The van der Waals surface area contributed by atoms with Crippen LogP contribution in [0.2, 0.25) is 0 Å². The van der Waals surface area contributed by atoms with Gasteiger partial charge in [0.2, 0.25) is 0 Å². The van der Waals surface area contributed by atoms with E-state index in [0.717, 1.165) is 20.6 Å². The SMILES string of the molecule is CSc1nnc(SCC2=C(C(=O)[O-])N3C(=O)C(NC(=O)C(=C(Cl)Cl)c4csc(N)n4)[C@@H]3SC2)s1.[Na+]. The molecule has 35 heavy (non-hydrogen) atoms. The largest absolute Gasteiger partial charge is 1.00 e. The van der Waals surface area contributed by atoms with Gasteiger partial charge in [0.05, 0.1) is 22.9 Å². The standard InChI is InChI=1S/C17H14Cl2N6O4S5.Na/c1-30-16-23-24-17(34-16)33-3-5-2-31-13-8(12(27)25(13)9(5)14(28)29)22-11(26)7(10(18)19)6-4-32-15(20)21-6;/h4,8,13H,2-3H2,1H3,(H2,20,21)(H,22,26)(H,28,29);/q;+1/p-1/t8?,13-;/m0./s1. The number of nitrogens with zero attached hydrogens (tertiary/aromatic N) is 4. The van der Waals surface area contributed by atoms with E-state index in [9.17, 15) is 19.5 Å². The topological polar surface area (TPSA) is 154 Å². The monoisotopic (exact) mass is 618 g/mol. The smallest absolute Gasteiger partial charge is 0.543 e. The summed E-state index contributed by atoms with van der Waals surface area (Å²) in [6, 6.07) is -0.966. The van der Waals surface area contributed by atoms with Crippen LogP contribution in [0.4, 0.5) is 5.13 Å². The van der Waals surface area contributed by atoms with Crippen molar-refractivity contribution in [3.63, 3.8) is 0 Å². The summed E-state index contributed by atoms with van der Waals surface area (Å²) < 4.78 is 1.16. The molecule has 2 aromatic heterocycles. The maximum atomic E-state index is 12.9. The minimum atomic E-state index is -1.46. The van der Waals surface area contributed by atoms with E-state index in [1.165, 1.54) is 52.0 Å². The minimum Gasteiger partial charge on any atom is -0.543 e. The van der Waals surface area contributed by atoms with Crippen LogP contribution in [-0.2, 0) is 14.4 Å². The van der Waals surface area contributed by atoms with E-state index in [1.807, 2.05) is 6.26 Å². The molecule has 0 spiro atoms. The Hall–Kier alpha value is -0.490. The summed E-state index contributed by atoms with van der Waals surface area (Å²) in [6.07, 6.45) is 1.89. The van der Waals surface area contributed by atoms with Gasteiger partial charge in [0.1, 0.15) is 15.9 Å². The van der Waals surface area contributed by atoms with Gasteiger partial charge < -0.3 is 21.0 Å². The first-order chi connectivity index (χ1) is 16.2. The number of thiazole rings is 1. The Kier molecular flexibility index (Phi) is 10.3. The van der Waals surface area contributed by atoms with Crippen molar-refractivity contribution in [1.82, 2.24) is 25.4 Å². The van der Waals surface area contributed by atoms with Crippen molar-refractivity contribution < 1.29 is 49.0 Å². The number of carbonyl (C=O) groups excluding carboxylic acids is 3. The van der Waals surface area contributed by atoms with Gasteiger partial charge in [0.25, 0.3) is 11.8 Å². The van der Waals surface area contributed by atoms with Crippen molar-refractivity contribution >= 4 is 110 Å². The molecule has 2 aliphatic rings. The van der Waals surface area contributed by atoms with Crippen LogP contribution in [0.3, 0.4) is 0 Å². The van der Waals surface area contributed by atoms with Gasteiger partial charge in [-0.2, -0.15) is 0 Å². The maximum Gasteiger partial charge on any atom is 1.00 e. The Labute approximate surface area is 252 Å². The number of hydrogen-bond acceptors (Lipinski definition) is 13. The zero-order valence-corrected chi connectivity index (χ0v) is 25.5. The molecule has 1 fully saturated rings. The normalized spacial score (nSPS) is 18.9.